The summed E-state index contributed by atoms with van der Waals surface area (Å²) in [6, 6.07) is -0.110. The number of ether oxygens (including phenoxy) is 6. The number of rotatable bonds is 11. The SMILES string of the molecule is COC(=O)CC1CC2(CO2)C(OC)C(C=CC(C)=CCC2OC(C)C(NC(=O)C=CC(C)OC(C)=O)CC2C)O1. The fourth-order valence-corrected chi connectivity index (χ4v) is 5.49. The van der Waals surface area contributed by atoms with E-state index in [9.17, 15) is 14.4 Å². The molecule has 9 atom stereocenters. The molecule has 1 N–H and O–H groups in total. The molecule has 0 aromatic rings. The van der Waals surface area contributed by atoms with E-state index >= 15 is 0 Å². The van der Waals surface area contributed by atoms with Crippen molar-refractivity contribution in [2.75, 3.05) is 20.8 Å². The number of epoxide rings is 1. The summed E-state index contributed by atoms with van der Waals surface area (Å²) in [7, 11) is 3.03. The quantitative estimate of drug-likeness (QED) is 0.175. The lowest BCUT2D eigenvalue weighted by atomic mass is 9.87. The third-order valence-corrected chi connectivity index (χ3v) is 7.77. The summed E-state index contributed by atoms with van der Waals surface area (Å²) in [5.41, 5.74) is 0.646. The molecule has 0 bridgehead atoms. The Bertz CT molecular complexity index is 986. The van der Waals surface area contributed by atoms with Crippen molar-refractivity contribution in [2.45, 2.75) is 109 Å². The van der Waals surface area contributed by atoms with E-state index in [1.165, 1.54) is 20.1 Å². The number of allylic oxidation sites excluding steroid dienone is 2. The second-order valence-corrected chi connectivity index (χ2v) is 11.1. The Morgan fingerprint density at radius 1 is 1.12 bits per heavy atom. The molecule has 1 spiro atoms. The third kappa shape index (κ3) is 8.99. The molecule has 3 heterocycles. The van der Waals surface area contributed by atoms with E-state index in [-0.39, 0.29) is 60.8 Å². The maximum Gasteiger partial charge on any atom is 0.308 e. The van der Waals surface area contributed by atoms with Gasteiger partial charge in [-0.05, 0) is 45.6 Å². The lowest BCUT2D eigenvalue weighted by Gasteiger charge is -2.39. The zero-order chi connectivity index (χ0) is 29.4. The number of hydrogen-bond acceptors (Lipinski definition) is 9. The Kier molecular flexibility index (Phi) is 11.5. The van der Waals surface area contributed by atoms with Crippen LogP contribution in [0.3, 0.4) is 0 Å². The summed E-state index contributed by atoms with van der Waals surface area (Å²) >= 11 is 0. The van der Waals surface area contributed by atoms with Crippen LogP contribution in [0.2, 0.25) is 0 Å². The largest absolute Gasteiger partial charge is 0.469 e. The van der Waals surface area contributed by atoms with Crippen molar-refractivity contribution in [1.29, 1.82) is 0 Å². The zero-order valence-corrected chi connectivity index (χ0v) is 24.7. The molecule has 3 rings (SSSR count). The average molecular weight is 564 g/mol. The Hall–Kier alpha value is -2.53. The van der Waals surface area contributed by atoms with E-state index in [2.05, 4.69) is 18.3 Å². The molecule has 10 heteroatoms. The van der Waals surface area contributed by atoms with E-state index in [1.54, 1.807) is 20.1 Å². The van der Waals surface area contributed by atoms with Crippen molar-refractivity contribution in [3.63, 3.8) is 0 Å². The van der Waals surface area contributed by atoms with Gasteiger partial charge in [0.15, 0.2) is 0 Å². The van der Waals surface area contributed by atoms with Gasteiger partial charge >= 0.3 is 11.9 Å². The van der Waals surface area contributed by atoms with Crippen molar-refractivity contribution in [1.82, 2.24) is 5.32 Å². The minimum Gasteiger partial charge on any atom is -0.469 e. The maximum absolute atomic E-state index is 12.4. The molecule has 3 aliphatic rings. The number of nitrogens with one attached hydrogen (secondary N) is 1. The number of methoxy groups -OCH3 is 2. The predicted molar refractivity (Wildman–Crippen MR) is 147 cm³/mol. The third-order valence-electron chi connectivity index (χ3n) is 7.77. The number of amides is 1. The molecule has 3 saturated heterocycles. The second kappa shape index (κ2) is 14.4. The van der Waals surface area contributed by atoms with Crippen LogP contribution < -0.4 is 5.32 Å². The van der Waals surface area contributed by atoms with Crippen LogP contribution >= 0.6 is 0 Å². The van der Waals surface area contributed by atoms with Gasteiger partial charge in [0, 0.05) is 26.5 Å². The number of hydrogen-bond donors (Lipinski definition) is 1. The van der Waals surface area contributed by atoms with E-state index in [4.69, 9.17) is 28.4 Å². The van der Waals surface area contributed by atoms with Gasteiger partial charge in [-0.25, -0.2) is 0 Å². The molecule has 0 aliphatic carbocycles. The second-order valence-electron chi connectivity index (χ2n) is 11.1. The van der Waals surface area contributed by atoms with Gasteiger partial charge in [-0.2, -0.15) is 0 Å². The van der Waals surface area contributed by atoms with E-state index < -0.39 is 17.7 Å². The van der Waals surface area contributed by atoms with Gasteiger partial charge in [0.05, 0.1) is 44.5 Å². The standard InChI is InChI=1S/C30H45NO9/c1-18(9-12-26-29(36-7)30(17-37-30)16-23(40-26)15-28(34)35-6)8-11-25-19(2)14-24(21(4)39-25)31-27(33)13-10-20(3)38-22(5)32/h8-10,12-13,19-21,23-26,29H,11,14-17H2,1-7H3,(H,31,33). The first-order chi connectivity index (χ1) is 19.0. The van der Waals surface area contributed by atoms with Crippen molar-refractivity contribution < 1.29 is 42.8 Å². The van der Waals surface area contributed by atoms with Gasteiger partial charge in [-0.3, -0.25) is 14.4 Å². The van der Waals surface area contributed by atoms with E-state index in [1.807, 2.05) is 26.0 Å². The van der Waals surface area contributed by atoms with Crippen LogP contribution in [0.1, 0.15) is 60.3 Å². The highest BCUT2D eigenvalue weighted by Crippen LogP contribution is 2.44. The highest BCUT2D eigenvalue weighted by Gasteiger charge is 2.59. The van der Waals surface area contributed by atoms with Crippen LogP contribution in [0.5, 0.6) is 0 Å². The van der Waals surface area contributed by atoms with Crippen LogP contribution in [0, 0.1) is 5.92 Å². The molecular weight excluding hydrogens is 518 g/mol. The molecule has 0 radical (unpaired) electrons. The van der Waals surface area contributed by atoms with E-state index in [0.717, 1.165) is 18.4 Å². The van der Waals surface area contributed by atoms with Crippen LogP contribution in [-0.2, 0) is 42.8 Å². The summed E-state index contributed by atoms with van der Waals surface area (Å²) in [5, 5.41) is 3.01. The molecule has 40 heavy (non-hydrogen) atoms. The van der Waals surface area contributed by atoms with Gasteiger partial charge in [0.1, 0.15) is 23.9 Å². The Morgan fingerprint density at radius 3 is 2.48 bits per heavy atom. The van der Waals surface area contributed by atoms with Crippen LogP contribution in [-0.4, -0.2) is 86.9 Å². The van der Waals surface area contributed by atoms with Gasteiger partial charge in [0.2, 0.25) is 5.91 Å². The highest BCUT2D eigenvalue weighted by atomic mass is 16.6. The molecule has 3 fully saturated rings. The topological polar surface area (TPSA) is 122 Å². The first-order valence-electron chi connectivity index (χ1n) is 14.0. The van der Waals surface area contributed by atoms with Gasteiger partial charge < -0.3 is 33.7 Å². The summed E-state index contributed by atoms with van der Waals surface area (Å²) in [5.74, 6) is -0.696. The fraction of sp³-hybridized carbons (Fsp3) is 0.700. The lowest BCUT2D eigenvalue weighted by molar-refractivity contribution is -0.162. The average Bonchev–Trinajstić information content (AvgIpc) is 3.65. The molecule has 1 amide bonds. The summed E-state index contributed by atoms with van der Waals surface area (Å²) < 4.78 is 33.8. The first-order valence-corrected chi connectivity index (χ1v) is 14.0. The Labute approximate surface area is 237 Å². The smallest absolute Gasteiger partial charge is 0.308 e. The predicted octanol–water partition coefficient (Wildman–Crippen LogP) is 3.19. The Balaban J connectivity index is 1.52. The van der Waals surface area contributed by atoms with Crippen molar-refractivity contribution in [3.8, 4) is 0 Å². The molecule has 3 aliphatic heterocycles. The fourth-order valence-electron chi connectivity index (χ4n) is 5.49. The van der Waals surface area contributed by atoms with Crippen LogP contribution in [0.4, 0.5) is 0 Å². The van der Waals surface area contributed by atoms with Crippen molar-refractivity contribution in [2.24, 2.45) is 5.92 Å². The zero-order valence-electron chi connectivity index (χ0n) is 24.7. The molecule has 10 nitrogen and oxygen atoms in total. The summed E-state index contributed by atoms with van der Waals surface area (Å²) in [6.45, 7) is 9.75. The minimum absolute atomic E-state index is 0.0243. The van der Waals surface area contributed by atoms with Gasteiger partial charge in [-0.1, -0.05) is 30.7 Å². The van der Waals surface area contributed by atoms with Crippen LogP contribution in [0.25, 0.3) is 0 Å². The van der Waals surface area contributed by atoms with Crippen molar-refractivity contribution >= 4 is 17.8 Å². The van der Waals surface area contributed by atoms with E-state index in [0.29, 0.717) is 13.0 Å². The number of esters is 2. The number of carbonyl (C=O) groups excluding carboxylic acids is 3. The first kappa shape index (κ1) is 32.0. The monoisotopic (exact) mass is 563 g/mol. The number of carbonyl (C=O) groups is 3. The minimum atomic E-state index is -0.467. The molecule has 9 unspecified atom stereocenters. The normalized spacial score (nSPS) is 35.1. The highest BCUT2D eigenvalue weighted by molar-refractivity contribution is 5.87. The van der Waals surface area contributed by atoms with Crippen molar-refractivity contribution in [3.05, 3.63) is 36.0 Å². The Morgan fingerprint density at radius 2 is 1.85 bits per heavy atom. The molecular formula is C30H45NO9. The van der Waals surface area contributed by atoms with Gasteiger partial charge in [0.25, 0.3) is 0 Å². The molecule has 224 valence electrons. The summed E-state index contributed by atoms with van der Waals surface area (Å²) in [6.07, 6.45) is 9.91. The summed E-state index contributed by atoms with van der Waals surface area (Å²) in [4.78, 5) is 35.2. The maximum atomic E-state index is 12.4. The lowest BCUT2D eigenvalue weighted by Crippen LogP contribution is -2.51. The molecule has 0 aromatic heterocycles. The molecule has 0 aromatic carbocycles. The van der Waals surface area contributed by atoms with Gasteiger partial charge in [-0.15, -0.1) is 0 Å². The molecule has 0 saturated carbocycles. The van der Waals surface area contributed by atoms with Crippen LogP contribution in [0.15, 0.2) is 36.0 Å².